The van der Waals surface area contributed by atoms with Crippen molar-refractivity contribution < 1.29 is 8.42 Å². The number of rotatable bonds is 3. The number of anilines is 1. The van der Waals surface area contributed by atoms with Gasteiger partial charge < -0.3 is 5.32 Å². The molecule has 1 aliphatic rings. The zero-order chi connectivity index (χ0) is 14.0. The first-order valence-electron chi connectivity index (χ1n) is 6.41. The average molecular weight is 304 g/mol. The van der Waals surface area contributed by atoms with E-state index < -0.39 is 9.84 Å². The van der Waals surface area contributed by atoms with Gasteiger partial charge in [0.1, 0.15) is 16.8 Å². The highest BCUT2D eigenvalue weighted by Gasteiger charge is 2.25. The lowest BCUT2D eigenvalue weighted by molar-refractivity contribution is 0.561. The number of nitrogens with zero attached hydrogens (tertiary/aromatic N) is 2. The summed E-state index contributed by atoms with van der Waals surface area (Å²) in [4.78, 5) is 8.56. The molecule has 0 saturated carbocycles. The maximum absolute atomic E-state index is 11.6. The van der Waals surface area contributed by atoms with Crippen LogP contribution in [0.5, 0.6) is 0 Å². The Morgan fingerprint density at radius 2 is 2.16 bits per heavy atom. The maximum atomic E-state index is 11.6. The Hall–Kier alpha value is -0.880. The fraction of sp³-hybridized carbons (Fsp3) is 0.667. The number of aromatic nitrogens is 2. The second-order valence-electron chi connectivity index (χ2n) is 4.86. The van der Waals surface area contributed by atoms with Crippen molar-refractivity contribution in [1.82, 2.24) is 9.97 Å². The Morgan fingerprint density at radius 3 is 2.79 bits per heavy atom. The molecule has 0 aromatic carbocycles. The van der Waals surface area contributed by atoms with Crippen LogP contribution in [0.15, 0.2) is 0 Å². The first kappa shape index (κ1) is 14.5. The van der Waals surface area contributed by atoms with Crippen molar-refractivity contribution >= 4 is 27.3 Å². The molecule has 1 saturated heterocycles. The quantitative estimate of drug-likeness (QED) is 0.865. The van der Waals surface area contributed by atoms with Gasteiger partial charge in [-0.1, -0.05) is 18.5 Å². The SMILES string of the molecule is CCc1nc(Cl)c(C)c(NC2CCCS(=O)(=O)C2)n1. The molecule has 5 nitrogen and oxygen atoms in total. The number of halogens is 1. The molecule has 1 aliphatic heterocycles. The van der Waals surface area contributed by atoms with Crippen LogP contribution in [0.3, 0.4) is 0 Å². The van der Waals surface area contributed by atoms with Crippen molar-refractivity contribution in [1.29, 1.82) is 0 Å². The van der Waals surface area contributed by atoms with Gasteiger partial charge in [-0.2, -0.15) is 0 Å². The van der Waals surface area contributed by atoms with E-state index in [-0.39, 0.29) is 17.5 Å². The summed E-state index contributed by atoms with van der Waals surface area (Å²) in [5.41, 5.74) is 0.766. The second-order valence-corrected chi connectivity index (χ2v) is 7.44. The number of sulfone groups is 1. The molecule has 0 radical (unpaired) electrons. The minimum absolute atomic E-state index is 0.0897. The molecule has 7 heteroatoms. The first-order valence-corrected chi connectivity index (χ1v) is 8.61. The van der Waals surface area contributed by atoms with Crippen LogP contribution in [-0.2, 0) is 16.3 Å². The highest BCUT2D eigenvalue weighted by atomic mass is 35.5. The van der Waals surface area contributed by atoms with Crippen molar-refractivity contribution in [2.45, 2.75) is 39.2 Å². The van der Waals surface area contributed by atoms with E-state index in [2.05, 4.69) is 15.3 Å². The lowest BCUT2D eigenvalue weighted by Crippen LogP contribution is -2.35. The van der Waals surface area contributed by atoms with Crippen LogP contribution >= 0.6 is 11.6 Å². The van der Waals surface area contributed by atoms with Crippen molar-refractivity contribution in [2.75, 3.05) is 16.8 Å². The van der Waals surface area contributed by atoms with Crippen LogP contribution in [-0.4, -0.2) is 35.9 Å². The molecular weight excluding hydrogens is 286 g/mol. The standard InChI is InChI=1S/C12H18ClN3O2S/c1-3-10-15-11(13)8(2)12(16-10)14-9-5-4-6-19(17,18)7-9/h9H,3-7H2,1-2H3,(H,14,15,16). The van der Waals surface area contributed by atoms with E-state index in [1.54, 1.807) is 0 Å². The Kier molecular flexibility index (Phi) is 4.30. The third-order valence-electron chi connectivity index (χ3n) is 3.25. The molecule has 0 aliphatic carbocycles. The van der Waals surface area contributed by atoms with Crippen molar-refractivity contribution in [3.05, 3.63) is 16.5 Å². The normalized spacial score (nSPS) is 22.2. The summed E-state index contributed by atoms with van der Waals surface area (Å²) in [5.74, 6) is 1.76. The summed E-state index contributed by atoms with van der Waals surface area (Å²) < 4.78 is 23.3. The zero-order valence-corrected chi connectivity index (χ0v) is 12.7. The highest BCUT2D eigenvalue weighted by Crippen LogP contribution is 2.23. The van der Waals surface area contributed by atoms with Gasteiger partial charge in [0, 0.05) is 18.0 Å². The van der Waals surface area contributed by atoms with Gasteiger partial charge in [-0.05, 0) is 19.8 Å². The van der Waals surface area contributed by atoms with E-state index in [1.807, 2.05) is 13.8 Å². The third-order valence-corrected chi connectivity index (χ3v) is 5.44. The van der Waals surface area contributed by atoms with E-state index in [0.29, 0.717) is 29.6 Å². The molecule has 19 heavy (non-hydrogen) atoms. The molecule has 1 atom stereocenters. The van der Waals surface area contributed by atoms with E-state index in [4.69, 9.17) is 11.6 Å². The van der Waals surface area contributed by atoms with Gasteiger partial charge in [0.2, 0.25) is 0 Å². The molecule has 0 amide bonds. The van der Waals surface area contributed by atoms with Gasteiger partial charge in [0.15, 0.2) is 9.84 Å². The van der Waals surface area contributed by atoms with E-state index >= 15 is 0 Å². The summed E-state index contributed by atoms with van der Waals surface area (Å²) in [6, 6.07) is -0.0897. The third kappa shape index (κ3) is 3.57. The van der Waals surface area contributed by atoms with Gasteiger partial charge in [-0.3, -0.25) is 0 Å². The van der Waals surface area contributed by atoms with Crippen LogP contribution in [0.1, 0.15) is 31.2 Å². The van der Waals surface area contributed by atoms with Crippen LogP contribution in [0.25, 0.3) is 0 Å². The molecule has 2 heterocycles. The predicted octanol–water partition coefficient (Wildman–Crippen LogP) is 1.99. The van der Waals surface area contributed by atoms with E-state index in [9.17, 15) is 8.42 Å². The lowest BCUT2D eigenvalue weighted by Gasteiger charge is -2.24. The molecule has 2 rings (SSSR count). The zero-order valence-electron chi connectivity index (χ0n) is 11.1. The average Bonchev–Trinajstić information content (AvgIpc) is 2.33. The maximum Gasteiger partial charge on any atom is 0.152 e. The molecule has 1 unspecified atom stereocenters. The lowest BCUT2D eigenvalue weighted by atomic mass is 10.2. The summed E-state index contributed by atoms with van der Waals surface area (Å²) in [7, 11) is -2.93. The molecule has 1 N–H and O–H groups in total. The van der Waals surface area contributed by atoms with Crippen LogP contribution < -0.4 is 5.32 Å². The predicted molar refractivity (Wildman–Crippen MR) is 76.5 cm³/mol. The van der Waals surface area contributed by atoms with Gasteiger partial charge in [0.25, 0.3) is 0 Å². The minimum Gasteiger partial charge on any atom is -0.366 e. The van der Waals surface area contributed by atoms with Crippen molar-refractivity contribution in [3.63, 3.8) is 0 Å². The van der Waals surface area contributed by atoms with E-state index in [1.165, 1.54) is 0 Å². The largest absolute Gasteiger partial charge is 0.366 e. The number of hydrogen-bond acceptors (Lipinski definition) is 5. The Morgan fingerprint density at radius 1 is 1.42 bits per heavy atom. The van der Waals surface area contributed by atoms with Crippen LogP contribution in [0.2, 0.25) is 5.15 Å². The van der Waals surface area contributed by atoms with Crippen molar-refractivity contribution in [2.24, 2.45) is 0 Å². The molecule has 1 aromatic heterocycles. The summed E-state index contributed by atoms with van der Waals surface area (Å²) in [6.45, 7) is 3.79. The Bertz CT molecular complexity index is 575. The molecule has 1 aromatic rings. The Balaban J connectivity index is 2.21. The van der Waals surface area contributed by atoms with Gasteiger partial charge >= 0.3 is 0 Å². The van der Waals surface area contributed by atoms with Gasteiger partial charge in [-0.15, -0.1) is 0 Å². The fourth-order valence-corrected chi connectivity index (χ4v) is 3.98. The van der Waals surface area contributed by atoms with Crippen molar-refractivity contribution in [3.8, 4) is 0 Å². The Labute approximate surface area is 118 Å². The number of aryl methyl sites for hydroxylation is 1. The second kappa shape index (κ2) is 5.63. The van der Waals surface area contributed by atoms with Gasteiger partial charge in [-0.25, -0.2) is 18.4 Å². The summed E-state index contributed by atoms with van der Waals surface area (Å²) in [6.07, 6.45) is 2.22. The minimum atomic E-state index is -2.93. The number of nitrogens with one attached hydrogen (secondary N) is 1. The molecule has 0 spiro atoms. The summed E-state index contributed by atoms with van der Waals surface area (Å²) in [5, 5.41) is 3.63. The molecule has 106 valence electrons. The topological polar surface area (TPSA) is 72.0 Å². The first-order chi connectivity index (χ1) is 8.91. The monoisotopic (exact) mass is 303 g/mol. The smallest absolute Gasteiger partial charge is 0.152 e. The molecule has 0 bridgehead atoms. The van der Waals surface area contributed by atoms with Crippen LogP contribution in [0.4, 0.5) is 5.82 Å². The van der Waals surface area contributed by atoms with Crippen LogP contribution in [0, 0.1) is 6.92 Å². The van der Waals surface area contributed by atoms with Gasteiger partial charge in [0.05, 0.1) is 11.5 Å². The molecule has 1 fully saturated rings. The number of hydrogen-bond donors (Lipinski definition) is 1. The summed E-state index contributed by atoms with van der Waals surface area (Å²) >= 11 is 6.06. The highest BCUT2D eigenvalue weighted by molar-refractivity contribution is 7.91. The van der Waals surface area contributed by atoms with E-state index in [0.717, 1.165) is 12.0 Å². The molecular formula is C12H18ClN3O2S. The fourth-order valence-electron chi connectivity index (χ4n) is 2.16.